The Kier molecular flexibility index (Phi) is 5.15. The van der Waals surface area contributed by atoms with Crippen LogP contribution in [-0.4, -0.2) is 36.8 Å². The molecule has 1 unspecified atom stereocenters. The lowest BCUT2D eigenvalue weighted by Crippen LogP contribution is -2.27. The van der Waals surface area contributed by atoms with E-state index in [1.807, 2.05) is 11.3 Å². The fraction of sp³-hybridized carbons (Fsp3) is 0.636. The molecule has 0 aliphatic carbocycles. The predicted octanol–water partition coefficient (Wildman–Crippen LogP) is 1.85. The molecule has 0 radical (unpaired) electrons. The molecule has 0 saturated heterocycles. The Balaban J connectivity index is 2.18. The highest BCUT2D eigenvalue weighted by atomic mass is 32.1. The van der Waals surface area contributed by atoms with Gasteiger partial charge in [-0.05, 0) is 30.8 Å². The van der Waals surface area contributed by atoms with Gasteiger partial charge in [0.05, 0.1) is 0 Å². The Labute approximate surface area is 90.2 Å². The molecule has 0 bridgehead atoms. The molecule has 1 aromatic rings. The van der Waals surface area contributed by atoms with Gasteiger partial charge in [0.1, 0.15) is 0 Å². The van der Waals surface area contributed by atoms with E-state index in [-0.39, 0.29) is 6.61 Å². The molecule has 0 spiro atoms. The van der Waals surface area contributed by atoms with Gasteiger partial charge in [-0.15, -0.1) is 11.3 Å². The van der Waals surface area contributed by atoms with Gasteiger partial charge in [0.25, 0.3) is 0 Å². The normalized spacial score (nSPS) is 13.4. The Morgan fingerprint density at radius 1 is 1.57 bits per heavy atom. The molecule has 0 saturated carbocycles. The second-order valence-electron chi connectivity index (χ2n) is 3.88. The number of aliphatic hydroxyl groups excluding tert-OH is 1. The first kappa shape index (κ1) is 11.7. The molecule has 14 heavy (non-hydrogen) atoms. The summed E-state index contributed by atoms with van der Waals surface area (Å²) in [4.78, 5) is 3.72. The van der Waals surface area contributed by atoms with Crippen LogP contribution < -0.4 is 0 Å². The number of hydrogen-bond donors (Lipinski definition) is 1. The van der Waals surface area contributed by atoms with Crippen molar-refractivity contribution in [3.05, 3.63) is 22.4 Å². The van der Waals surface area contributed by atoms with Crippen LogP contribution in [0.5, 0.6) is 0 Å². The summed E-state index contributed by atoms with van der Waals surface area (Å²) < 4.78 is 0. The quantitative estimate of drug-likeness (QED) is 0.779. The zero-order valence-electron chi connectivity index (χ0n) is 8.94. The van der Waals surface area contributed by atoms with Gasteiger partial charge in [0.2, 0.25) is 0 Å². The molecule has 0 fully saturated rings. The summed E-state index contributed by atoms with van der Waals surface area (Å²) in [5, 5.41) is 11.0. The van der Waals surface area contributed by atoms with E-state index in [1.54, 1.807) is 0 Å². The lowest BCUT2D eigenvalue weighted by atomic mass is 10.2. The smallest absolute Gasteiger partial charge is 0.0468 e. The van der Waals surface area contributed by atoms with Crippen molar-refractivity contribution in [1.29, 1.82) is 0 Å². The van der Waals surface area contributed by atoms with Gasteiger partial charge >= 0.3 is 0 Å². The highest BCUT2D eigenvalue weighted by Crippen LogP contribution is 2.09. The minimum atomic E-state index is 0.281. The van der Waals surface area contributed by atoms with Crippen molar-refractivity contribution in [2.75, 3.05) is 26.7 Å². The van der Waals surface area contributed by atoms with Gasteiger partial charge < -0.3 is 10.0 Å². The van der Waals surface area contributed by atoms with Crippen molar-refractivity contribution in [2.24, 2.45) is 5.92 Å². The van der Waals surface area contributed by atoms with Crippen molar-refractivity contribution in [1.82, 2.24) is 4.90 Å². The molecule has 0 aromatic carbocycles. The van der Waals surface area contributed by atoms with Crippen LogP contribution in [0.4, 0.5) is 0 Å². The SMILES string of the molecule is CC(CO)CN(C)CCc1cccs1. The number of thiophene rings is 1. The predicted molar refractivity (Wildman–Crippen MR) is 61.8 cm³/mol. The molecule has 1 heterocycles. The molecule has 0 aliphatic rings. The van der Waals surface area contributed by atoms with Crippen LogP contribution in [0.15, 0.2) is 17.5 Å². The van der Waals surface area contributed by atoms with E-state index in [2.05, 4.69) is 36.4 Å². The summed E-state index contributed by atoms with van der Waals surface area (Å²) in [6.07, 6.45) is 1.12. The standard InChI is InChI=1S/C11H19NOS/c1-10(9-13)8-12(2)6-5-11-4-3-7-14-11/h3-4,7,10,13H,5-6,8-9H2,1-2H3. The summed E-state index contributed by atoms with van der Waals surface area (Å²) in [5.74, 6) is 0.378. The van der Waals surface area contributed by atoms with Gasteiger partial charge in [0, 0.05) is 24.6 Å². The van der Waals surface area contributed by atoms with E-state index in [0.717, 1.165) is 19.5 Å². The Morgan fingerprint density at radius 3 is 2.93 bits per heavy atom. The average molecular weight is 213 g/mol. The molecule has 1 aromatic heterocycles. The third-order valence-corrected chi connectivity index (χ3v) is 3.19. The first-order chi connectivity index (χ1) is 6.72. The first-order valence-corrected chi connectivity index (χ1v) is 5.92. The Hall–Kier alpha value is -0.380. The van der Waals surface area contributed by atoms with Gasteiger partial charge in [-0.3, -0.25) is 0 Å². The zero-order valence-corrected chi connectivity index (χ0v) is 9.76. The summed E-state index contributed by atoms with van der Waals surface area (Å²) in [6.45, 7) is 4.40. The van der Waals surface area contributed by atoms with Crippen molar-refractivity contribution < 1.29 is 5.11 Å². The van der Waals surface area contributed by atoms with Crippen molar-refractivity contribution >= 4 is 11.3 Å². The lowest BCUT2D eigenvalue weighted by molar-refractivity contribution is 0.192. The van der Waals surface area contributed by atoms with E-state index in [4.69, 9.17) is 5.11 Å². The fourth-order valence-corrected chi connectivity index (χ4v) is 2.14. The largest absolute Gasteiger partial charge is 0.396 e. The summed E-state index contributed by atoms with van der Waals surface area (Å²) >= 11 is 1.81. The molecule has 1 rings (SSSR count). The Bertz CT molecular complexity index is 235. The number of rotatable bonds is 6. The molecular formula is C11H19NOS. The maximum atomic E-state index is 8.91. The first-order valence-electron chi connectivity index (χ1n) is 5.04. The van der Waals surface area contributed by atoms with E-state index in [0.29, 0.717) is 5.92 Å². The van der Waals surface area contributed by atoms with Gasteiger partial charge in [0.15, 0.2) is 0 Å². The van der Waals surface area contributed by atoms with Crippen LogP contribution in [0.2, 0.25) is 0 Å². The molecule has 2 nitrogen and oxygen atoms in total. The minimum Gasteiger partial charge on any atom is -0.396 e. The third-order valence-electron chi connectivity index (χ3n) is 2.26. The Morgan fingerprint density at radius 2 is 2.36 bits per heavy atom. The maximum Gasteiger partial charge on any atom is 0.0468 e. The van der Waals surface area contributed by atoms with Crippen LogP contribution >= 0.6 is 11.3 Å². The number of nitrogens with zero attached hydrogens (tertiary/aromatic N) is 1. The van der Waals surface area contributed by atoms with Crippen molar-refractivity contribution in [3.8, 4) is 0 Å². The number of aliphatic hydroxyl groups is 1. The number of hydrogen-bond acceptors (Lipinski definition) is 3. The second kappa shape index (κ2) is 6.17. The van der Waals surface area contributed by atoms with Gasteiger partial charge in [-0.1, -0.05) is 13.0 Å². The van der Waals surface area contributed by atoms with Crippen LogP contribution in [-0.2, 0) is 6.42 Å². The summed E-state index contributed by atoms with van der Waals surface area (Å²) in [6, 6.07) is 4.27. The molecule has 0 amide bonds. The van der Waals surface area contributed by atoms with E-state index in [1.165, 1.54) is 4.88 Å². The molecular weight excluding hydrogens is 194 g/mol. The summed E-state index contributed by atoms with van der Waals surface area (Å²) in [7, 11) is 2.11. The lowest BCUT2D eigenvalue weighted by Gasteiger charge is -2.19. The number of likely N-dealkylation sites (N-methyl/N-ethyl adjacent to an activating group) is 1. The van der Waals surface area contributed by atoms with Gasteiger partial charge in [-0.2, -0.15) is 0 Å². The van der Waals surface area contributed by atoms with E-state index < -0.39 is 0 Å². The monoisotopic (exact) mass is 213 g/mol. The fourth-order valence-electron chi connectivity index (χ4n) is 1.44. The van der Waals surface area contributed by atoms with Crippen molar-refractivity contribution in [3.63, 3.8) is 0 Å². The van der Waals surface area contributed by atoms with Crippen molar-refractivity contribution in [2.45, 2.75) is 13.3 Å². The molecule has 80 valence electrons. The molecule has 3 heteroatoms. The second-order valence-corrected chi connectivity index (χ2v) is 4.91. The summed E-state index contributed by atoms with van der Waals surface area (Å²) in [5.41, 5.74) is 0. The highest BCUT2D eigenvalue weighted by molar-refractivity contribution is 7.09. The van der Waals surface area contributed by atoms with Gasteiger partial charge in [-0.25, -0.2) is 0 Å². The van der Waals surface area contributed by atoms with Crippen LogP contribution in [0, 0.1) is 5.92 Å². The molecule has 0 aliphatic heterocycles. The van der Waals surface area contributed by atoms with Crippen LogP contribution in [0.25, 0.3) is 0 Å². The maximum absolute atomic E-state index is 8.91. The minimum absolute atomic E-state index is 0.281. The third kappa shape index (κ3) is 4.22. The van der Waals surface area contributed by atoms with Crippen LogP contribution in [0.3, 0.4) is 0 Å². The highest BCUT2D eigenvalue weighted by Gasteiger charge is 2.05. The topological polar surface area (TPSA) is 23.5 Å². The van der Waals surface area contributed by atoms with E-state index >= 15 is 0 Å². The van der Waals surface area contributed by atoms with Crippen LogP contribution in [0.1, 0.15) is 11.8 Å². The zero-order chi connectivity index (χ0) is 10.4. The molecule has 1 N–H and O–H groups in total. The molecule has 1 atom stereocenters. The average Bonchev–Trinajstić information content (AvgIpc) is 2.67. The van der Waals surface area contributed by atoms with E-state index in [9.17, 15) is 0 Å².